The quantitative estimate of drug-likeness (QED) is 0.0477. The van der Waals surface area contributed by atoms with Crippen molar-refractivity contribution in [1.29, 1.82) is 0 Å². The van der Waals surface area contributed by atoms with E-state index in [1.165, 1.54) is 11.9 Å². The monoisotopic (exact) mass is 899 g/mol. The second-order valence-electron chi connectivity index (χ2n) is 15.1. The van der Waals surface area contributed by atoms with Gasteiger partial charge in [0.2, 0.25) is 17.7 Å². The van der Waals surface area contributed by atoms with Crippen LogP contribution >= 0.6 is 11.6 Å². The molecule has 5 amide bonds. The van der Waals surface area contributed by atoms with Crippen LogP contribution in [0.4, 0.5) is 0 Å². The fourth-order valence-corrected chi connectivity index (χ4v) is 7.25. The highest BCUT2D eigenvalue weighted by atomic mass is 35.5. The van der Waals surface area contributed by atoms with Crippen molar-refractivity contribution in [1.82, 2.24) is 26.2 Å². The van der Waals surface area contributed by atoms with Crippen LogP contribution in [0.3, 0.4) is 0 Å². The molecule has 4 atom stereocenters. The third-order valence-electron chi connectivity index (χ3n) is 10.4. The van der Waals surface area contributed by atoms with E-state index in [1.54, 1.807) is 72.8 Å². The number of nitrogens with two attached hydrogens (primary N) is 4. The van der Waals surface area contributed by atoms with Gasteiger partial charge in [0.15, 0.2) is 6.17 Å². The van der Waals surface area contributed by atoms with E-state index in [1.807, 2.05) is 12.1 Å². The summed E-state index contributed by atoms with van der Waals surface area (Å²) in [5.74, 6) is -3.06. The van der Waals surface area contributed by atoms with E-state index >= 15 is 0 Å². The number of halogens is 1. The summed E-state index contributed by atoms with van der Waals surface area (Å²) < 4.78 is 12.1. The van der Waals surface area contributed by atoms with E-state index in [4.69, 9.17) is 44.0 Å². The van der Waals surface area contributed by atoms with Gasteiger partial charge in [-0.3, -0.25) is 24.0 Å². The SMILES string of the molecule is CN(C(=O)[C@H](CCCCN)NC(=O)c1ccc(-c2ccc(Cl)cc2)cc1)C1C(=O)N[C@@H](N)C(=O)N[C@H](C(=O)NCB(O)O)Cc2ccc(OCCN)c(c2)-c2cc1ccc2OCCN. The Morgan fingerprint density at radius 1 is 0.828 bits per heavy atom. The highest BCUT2D eigenvalue weighted by molar-refractivity contribution is 6.41. The molecule has 4 bridgehead atoms. The van der Waals surface area contributed by atoms with Gasteiger partial charge in [-0.25, -0.2) is 0 Å². The minimum atomic E-state index is -1.87. The molecule has 1 aliphatic heterocycles. The molecule has 14 N–H and O–H groups in total. The molecule has 0 aliphatic carbocycles. The van der Waals surface area contributed by atoms with Gasteiger partial charge in [0.1, 0.15) is 42.8 Å². The van der Waals surface area contributed by atoms with E-state index in [0.29, 0.717) is 52.6 Å². The van der Waals surface area contributed by atoms with Crippen LogP contribution in [0.25, 0.3) is 22.3 Å². The number of amides is 5. The van der Waals surface area contributed by atoms with Gasteiger partial charge in [0.05, 0.1) is 6.44 Å². The van der Waals surface area contributed by atoms with Crippen LogP contribution in [0.1, 0.15) is 46.8 Å². The molecule has 0 saturated carbocycles. The molecule has 4 aromatic rings. The van der Waals surface area contributed by atoms with Crippen LogP contribution in [0.15, 0.2) is 84.9 Å². The molecule has 340 valence electrons. The Morgan fingerprint density at radius 3 is 2.05 bits per heavy atom. The number of carbonyl (C=O) groups is 5. The van der Waals surface area contributed by atoms with Gasteiger partial charge in [0, 0.05) is 48.3 Å². The first-order valence-corrected chi connectivity index (χ1v) is 21.2. The van der Waals surface area contributed by atoms with Crippen molar-refractivity contribution in [3.8, 4) is 33.8 Å². The standard InChI is InChI=1S/C44H55BClN9O9/c1-55(44(60)34(4-2-3-17-47)52-40(56)29-8-6-27(7-9-29)28-10-13-31(46)14-11-28)38-30-12-16-37(64-21-19-49)33(24-30)32-22-26(5-15-36(32)63-20-18-48)23-35(41(57)51-25-45(61)62)53-43(59)39(50)54-42(38)58/h5-16,22,24,34-35,38-39,61-62H,2-4,17-21,23,25,47-50H2,1H3,(H,51,57)(H,52,56)(H,53,59)(H,54,58)/t34-,35-,38?,39+/m0/s1. The Morgan fingerprint density at radius 2 is 1.44 bits per heavy atom. The average molecular weight is 900 g/mol. The Bertz CT molecular complexity index is 2250. The third-order valence-corrected chi connectivity index (χ3v) is 10.6. The Kier molecular flexibility index (Phi) is 18.0. The van der Waals surface area contributed by atoms with E-state index in [-0.39, 0.29) is 50.3 Å². The van der Waals surface area contributed by atoms with Crippen LogP contribution in [0.2, 0.25) is 5.02 Å². The number of nitrogens with zero attached hydrogens (tertiary/aromatic N) is 1. The smallest absolute Gasteiger partial charge is 0.472 e. The van der Waals surface area contributed by atoms with Gasteiger partial charge < -0.3 is 68.6 Å². The molecule has 1 unspecified atom stereocenters. The molecule has 0 aromatic heterocycles. The Balaban J connectivity index is 1.58. The average Bonchev–Trinajstić information content (AvgIpc) is 3.28. The van der Waals surface area contributed by atoms with Crippen molar-refractivity contribution in [2.45, 2.75) is 50.0 Å². The lowest BCUT2D eigenvalue weighted by molar-refractivity contribution is -0.141. The van der Waals surface area contributed by atoms with Crippen LogP contribution in [-0.4, -0.2) is 116 Å². The van der Waals surface area contributed by atoms with Crippen molar-refractivity contribution in [3.05, 3.63) is 107 Å². The van der Waals surface area contributed by atoms with Crippen molar-refractivity contribution >= 4 is 48.3 Å². The lowest BCUT2D eigenvalue weighted by Gasteiger charge is -2.32. The van der Waals surface area contributed by atoms with Gasteiger partial charge in [0.25, 0.3) is 11.8 Å². The summed E-state index contributed by atoms with van der Waals surface area (Å²) in [4.78, 5) is 71.2. The molecule has 1 heterocycles. The van der Waals surface area contributed by atoms with Crippen molar-refractivity contribution in [2.75, 3.05) is 46.3 Å². The zero-order chi connectivity index (χ0) is 46.3. The minimum Gasteiger partial charge on any atom is -0.492 e. The lowest BCUT2D eigenvalue weighted by Crippen LogP contribution is -2.59. The van der Waals surface area contributed by atoms with Gasteiger partial charge in [-0.1, -0.05) is 48.0 Å². The van der Waals surface area contributed by atoms with Crippen molar-refractivity contribution in [3.63, 3.8) is 0 Å². The van der Waals surface area contributed by atoms with Gasteiger partial charge >= 0.3 is 7.12 Å². The van der Waals surface area contributed by atoms with Crippen LogP contribution in [0.5, 0.6) is 11.5 Å². The molecular formula is C44H55BClN9O9. The summed E-state index contributed by atoms with van der Waals surface area (Å²) in [6.45, 7) is 0.921. The zero-order valence-corrected chi connectivity index (χ0v) is 36.2. The minimum absolute atomic E-state index is 0.105. The predicted molar refractivity (Wildman–Crippen MR) is 242 cm³/mol. The number of rotatable bonds is 18. The number of benzene rings is 4. The van der Waals surface area contributed by atoms with Gasteiger partial charge in [-0.15, -0.1) is 0 Å². The highest BCUT2D eigenvalue weighted by Gasteiger charge is 2.36. The summed E-state index contributed by atoms with van der Waals surface area (Å²) in [7, 11) is -0.475. The maximum absolute atomic E-state index is 14.7. The molecule has 1 aliphatic rings. The van der Waals surface area contributed by atoms with E-state index < -0.39 is 67.4 Å². The maximum atomic E-state index is 14.7. The molecule has 4 aromatic carbocycles. The fraction of sp³-hybridized carbons (Fsp3) is 0.341. The molecular weight excluding hydrogens is 845 g/mol. The summed E-state index contributed by atoms with van der Waals surface area (Å²) in [6, 6.07) is 20.1. The molecule has 64 heavy (non-hydrogen) atoms. The van der Waals surface area contributed by atoms with E-state index in [9.17, 15) is 34.0 Å². The third kappa shape index (κ3) is 13.0. The normalized spacial score (nSPS) is 16.6. The highest BCUT2D eigenvalue weighted by Crippen LogP contribution is 2.40. The van der Waals surface area contributed by atoms with E-state index in [0.717, 1.165) is 11.1 Å². The Hall–Kier alpha value is -6.06. The second kappa shape index (κ2) is 23.6. The molecule has 0 spiro atoms. The number of hydrogen-bond acceptors (Lipinski definition) is 13. The number of fused-ring (bicyclic) bond motifs is 5. The number of carbonyl (C=O) groups excluding carboxylic acids is 5. The fourth-order valence-electron chi connectivity index (χ4n) is 7.12. The molecule has 0 fully saturated rings. The first kappa shape index (κ1) is 49.0. The molecule has 18 nitrogen and oxygen atoms in total. The van der Waals surface area contributed by atoms with Gasteiger partial charge in [-0.2, -0.15) is 0 Å². The number of nitrogens with one attached hydrogen (secondary N) is 4. The number of hydrogen-bond donors (Lipinski definition) is 10. The first-order chi connectivity index (χ1) is 30.7. The molecule has 0 radical (unpaired) electrons. The summed E-state index contributed by atoms with van der Waals surface area (Å²) in [5, 5.41) is 29.7. The van der Waals surface area contributed by atoms with Crippen molar-refractivity contribution < 1.29 is 43.5 Å². The zero-order valence-electron chi connectivity index (χ0n) is 35.4. The number of ether oxygens (including phenoxy) is 2. The van der Waals surface area contributed by atoms with E-state index in [2.05, 4.69) is 21.3 Å². The summed E-state index contributed by atoms with van der Waals surface area (Å²) >= 11 is 6.06. The molecule has 5 rings (SSSR count). The molecule has 0 saturated heterocycles. The number of likely N-dealkylation sites (N-methyl/N-ethyl adjacent to an activating group) is 1. The topological polar surface area (TPSA) is 300 Å². The second-order valence-corrected chi connectivity index (χ2v) is 15.5. The Labute approximate surface area is 376 Å². The summed E-state index contributed by atoms with van der Waals surface area (Å²) in [5.41, 5.74) is 27.4. The van der Waals surface area contributed by atoms with Crippen LogP contribution in [0, 0.1) is 0 Å². The maximum Gasteiger partial charge on any atom is 0.472 e. The summed E-state index contributed by atoms with van der Waals surface area (Å²) in [6.07, 6.45) is -1.19. The van der Waals surface area contributed by atoms with Crippen LogP contribution < -0.4 is 53.7 Å². The van der Waals surface area contributed by atoms with Crippen LogP contribution in [-0.2, 0) is 25.6 Å². The predicted octanol–water partition coefficient (Wildman–Crippen LogP) is 0.346. The van der Waals surface area contributed by atoms with Crippen molar-refractivity contribution in [2.24, 2.45) is 22.9 Å². The largest absolute Gasteiger partial charge is 0.492 e. The van der Waals surface area contributed by atoms with Gasteiger partial charge in [-0.05, 0) is 96.6 Å². The molecule has 20 heteroatoms. The first-order valence-electron chi connectivity index (χ1n) is 20.8. The lowest BCUT2D eigenvalue weighted by atomic mass is 9.91. The number of unbranched alkanes of at least 4 members (excludes halogenated alkanes) is 1.